The molecular weight excluding hydrogens is 600 g/mol. The number of likely N-dealkylation sites (N-methyl/N-ethyl adjacent to an activating group) is 1. The summed E-state index contributed by atoms with van der Waals surface area (Å²) >= 11 is 0. The fraction of sp³-hybridized carbons (Fsp3) is 0.167. The van der Waals surface area contributed by atoms with E-state index in [2.05, 4.69) is 109 Å². The molecule has 0 aliphatic rings. The molecule has 0 fully saturated rings. The summed E-state index contributed by atoms with van der Waals surface area (Å²) in [5, 5.41) is 12.4. The van der Waals surface area contributed by atoms with Crippen LogP contribution in [-0.2, 0) is 13.1 Å². The van der Waals surface area contributed by atoms with E-state index in [-0.39, 0.29) is 7.13 Å². The van der Waals surface area contributed by atoms with Crippen LogP contribution >= 0.6 is 0 Å². The van der Waals surface area contributed by atoms with Crippen molar-refractivity contribution in [2.45, 2.75) is 13.1 Å². The summed E-state index contributed by atoms with van der Waals surface area (Å²) in [4.78, 5) is 35.2. The van der Waals surface area contributed by atoms with Crippen molar-refractivity contribution < 1.29 is 7.13 Å². The summed E-state index contributed by atoms with van der Waals surface area (Å²) in [6, 6.07) is 24.5. The van der Waals surface area contributed by atoms with E-state index in [1.54, 1.807) is 18.6 Å². The van der Waals surface area contributed by atoms with Crippen molar-refractivity contribution in [1.82, 2.24) is 44.8 Å². The van der Waals surface area contributed by atoms with Crippen LogP contribution < -0.4 is 16.0 Å². The van der Waals surface area contributed by atoms with Gasteiger partial charge in [-0.15, -0.1) is 0 Å². The van der Waals surface area contributed by atoms with E-state index in [0.717, 1.165) is 46.8 Å². The van der Waals surface area contributed by atoms with Crippen molar-refractivity contribution >= 4 is 61.6 Å². The second kappa shape index (κ2) is 14.1. The Morgan fingerprint density at radius 3 is 1.88 bits per heavy atom. The van der Waals surface area contributed by atoms with Gasteiger partial charge in [0.1, 0.15) is 28.5 Å². The van der Waals surface area contributed by atoms with Gasteiger partial charge in [0.2, 0.25) is 0 Å². The number of rotatable bonds is 10. The highest BCUT2D eigenvalue weighted by Gasteiger charge is 2.05. The third-order valence-corrected chi connectivity index (χ3v) is 7.78. The molecule has 48 heavy (non-hydrogen) atoms. The lowest BCUT2D eigenvalue weighted by molar-refractivity contribution is 0.425. The Bertz CT molecular complexity index is 2310. The molecule has 0 aliphatic heterocycles. The van der Waals surface area contributed by atoms with Crippen molar-refractivity contribution in [2.24, 2.45) is 0 Å². The van der Waals surface area contributed by atoms with Crippen LogP contribution in [0.1, 0.15) is 18.3 Å². The fourth-order valence-corrected chi connectivity index (χ4v) is 5.22. The standard InChI is InChI=1S/C20H23N7.C16H13N5.5H2/c1-27(2)10-9-22-18-6-5-16-20(25-18)26-19(13-23-16)24-12-14-3-4-15-7-8-21-17(15)11-14;1-2-13-16(18-6-1)21-15(10-19-13)20-9-11-3-4-12-5-7-17-14(12)8-11;;;;;/h3-8,11,13,21H,9-10,12H2,1-2H3,(H2,22,24,25,26);1-8,10,17H,9H2,(H,18,20,21);5*1H. The summed E-state index contributed by atoms with van der Waals surface area (Å²) in [6.07, 6.45) is 9.10. The molecule has 8 rings (SSSR count). The molecule has 5 N–H and O–H groups in total. The lowest BCUT2D eigenvalue weighted by Crippen LogP contribution is -2.21. The molecular formula is C36H46N12. The van der Waals surface area contributed by atoms with Gasteiger partial charge >= 0.3 is 0 Å². The van der Waals surface area contributed by atoms with Crippen molar-refractivity contribution in [2.75, 3.05) is 43.1 Å². The minimum atomic E-state index is 0. The lowest BCUT2D eigenvalue weighted by atomic mass is 10.1. The molecule has 12 heteroatoms. The summed E-state index contributed by atoms with van der Waals surface area (Å²) < 4.78 is 0. The third-order valence-electron chi connectivity index (χ3n) is 7.78. The van der Waals surface area contributed by atoms with Crippen molar-refractivity contribution in [3.8, 4) is 0 Å². The van der Waals surface area contributed by atoms with Crippen LogP contribution in [0.3, 0.4) is 0 Å². The minimum absolute atomic E-state index is 0. The van der Waals surface area contributed by atoms with Crippen molar-refractivity contribution in [3.05, 3.63) is 115 Å². The van der Waals surface area contributed by atoms with E-state index in [1.165, 1.54) is 21.9 Å². The molecule has 0 aliphatic carbocycles. The summed E-state index contributed by atoms with van der Waals surface area (Å²) in [5.74, 6) is 2.26. The number of pyridine rings is 2. The second-order valence-electron chi connectivity index (χ2n) is 11.6. The summed E-state index contributed by atoms with van der Waals surface area (Å²) in [6.45, 7) is 3.15. The molecule has 250 valence electrons. The maximum Gasteiger partial charge on any atom is 0.182 e. The van der Waals surface area contributed by atoms with Crippen LogP contribution in [0.25, 0.3) is 44.1 Å². The summed E-state index contributed by atoms with van der Waals surface area (Å²) in [7, 11) is 4.10. The molecule has 6 aromatic heterocycles. The maximum atomic E-state index is 4.60. The zero-order valence-electron chi connectivity index (χ0n) is 26.8. The molecule has 0 spiro atoms. The van der Waals surface area contributed by atoms with Gasteiger partial charge in [-0.05, 0) is 84.5 Å². The second-order valence-corrected chi connectivity index (χ2v) is 11.6. The molecule has 6 heterocycles. The Labute approximate surface area is 284 Å². The quantitative estimate of drug-likeness (QED) is 0.101. The average Bonchev–Trinajstić information content (AvgIpc) is 3.79. The van der Waals surface area contributed by atoms with E-state index < -0.39 is 0 Å². The van der Waals surface area contributed by atoms with E-state index >= 15 is 0 Å². The third kappa shape index (κ3) is 7.45. The van der Waals surface area contributed by atoms with Crippen molar-refractivity contribution in [1.29, 1.82) is 0 Å². The molecule has 0 radical (unpaired) electrons. The van der Waals surface area contributed by atoms with E-state index in [1.807, 2.05) is 50.8 Å². The zero-order valence-corrected chi connectivity index (χ0v) is 26.8. The number of nitrogens with zero attached hydrogens (tertiary/aromatic N) is 7. The van der Waals surface area contributed by atoms with E-state index in [9.17, 15) is 0 Å². The SMILES string of the molecule is CN(C)CCNc1ccc2ncc(NCc3ccc4cc[nH]c4c3)nc2n1.[HH].[HH].[HH].[HH].[HH].c1cnc2nc(NCc3ccc4cc[nH]c4c3)cnc2c1. The zero-order chi connectivity index (χ0) is 32.7. The van der Waals surface area contributed by atoms with Crippen LogP contribution in [-0.4, -0.2) is 72.0 Å². The topological polar surface area (TPSA) is 148 Å². The Morgan fingerprint density at radius 1 is 0.625 bits per heavy atom. The van der Waals surface area contributed by atoms with Crippen LogP contribution in [0, 0.1) is 0 Å². The number of aromatic amines is 2. The first-order chi connectivity index (χ1) is 23.6. The molecule has 12 nitrogen and oxygen atoms in total. The average molecular weight is 647 g/mol. The van der Waals surface area contributed by atoms with Gasteiger partial charge in [0.25, 0.3) is 0 Å². The Hall–Kier alpha value is -6.14. The monoisotopic (exact) mass is 646 g/mol. The molecule has 0 saturated carbocycles. The summed E-state index contributed by atoms with van der Waals surface area (Å²) in [5.41, 5.74) is 7.51. The number of hydrogen-bond donors (Lipinski definition) is 5. The van der Waals surface area contributed by atoms with Gasteiger partial charge in [-0.25, -0.2) is 29.9 Å². The van der Waals surface area contributed by atoms with Crippen LogP contribution in [0.5, 0.6) is 0 Å². The Kier molecular flexibility index (Phi) is 8.96. The van der Waals surface area contributed by atoms with Gasteiger partial charge in [-0.3, -0.25) is 0 Å². The first-order valence-electron chi connectivity index (χ1n) is 15.8. The first kappa shape index (κ1) is 30.5. The van der Waals surface area contributed by atoms with E-state index in [0.29, 0.717) is 30.2 Å². The fourth-order valence-electron chi connectivity index (χ4n) is 5.22. The van der Waals surface area contributed by atoms with Crippen LogP contribution in [0.4, 0.5) is 17.5 Å². The lowest BCUT2D eigenvalue weighted by Gasteiger charge is -2.11. The highest BCUT2D eigenvalue weighted by molar-refractivity contribution is 5.81. The predicted molar refractivity (Wildman–Crippen MR) is 204 cm³/mol. The molecule has 8 aromatic rings. The normalized spacial score (nSPS) is 11.2. The molecule has 0 atom stereocenters. The number of benzene rings is 2. The highest BCUT2D eigenvalue weighted by atomic mass is 15.1. The van der Waals surface area contributed by atoms with Gasteiger partial charge < -0.3 is 30.8 Å². The Morgan fingerprint density at radius 2 is 1.23 bits per heavy atom. The van der Waals surface area contributed by atoms with Gasteiger partial charge in [0.15, 0.2) is 11.3 Å². The number of hydrogen-bond acceptors (Lipinski definition) is 10. The predicted octanol–water partition coefficient (Wildman–Crippen LogP) is 7.44. The number of aromatic nitrogens is 8. The van der Waals surface area contributed by atoms with Gasteiger partial charge in [0.05, 0.1) is 12.4 Å². The molecule has 0 amide bonds. The minimum Gasteiger partial charge on any atom is -0.369 e. The smallest absolute Gasteiger partial charge is 0.182 e. The van der Waals surface area contributed by atoms with Gasteiger partial charge in [-0.1, -0.05) is 24.3 Å². The number of H-pyrrole nitrogens is 2. The number of nitrogens with one attached hydrogen (secondary N) is 5. The highest BCUT2D eigenvalue weighted by Crippen LogP contribution is 2.18. The van der Waals surface area contributed by atoms with Crippen LogP contribution in [0.2, 0.25) is 0 Å². The Balaban J connectivity index is 0.000000343. The number of fused-ring (bicyclic) bond motifs is 4. The van der Waals surface area contributed by atoms with Gasteiger partial charge in [-0.2, -0.15) is 0 Å². The van der Waals surface area contributed by atoms with Crippen LogP contribution in [0.15, 0.2) is 104 Å². The first-order valence-corrected chi connectivity index (χ1v) is 15.8. The number of anilines is 3. The van der Waals surface area contributed by atoms with Gasteiger partial charge in [0, 0.05) is 62.9 Å². The molecule has 0 bridgehead atoms. The van der Waals surface area contributed by atoms with Crippen molar-refractivity contribution in [3.63, 3.8) is 0 Å². The maximum absolute atomic E-state index is 4.60. The molecule has 2 aromatic carbocycles. The molecule has 0 unspecified atom stereocenters. The molecule has 0 saturated heterocycles. The largest absolute Gasteiger partial charge is 0.369 e. The van der Waals surface area contributed by atoms with E-state index in [4.69, 9.17) is 0 Å².